The van der Waals surface area contributed by atoms with Crippen LogP contribution in [0.1, 0.15) is 0 Å². The number of carbonyl (C=O) groups excluding carboxylic acids is 1. The summed E-state index contributed by atoms with van der Waals surface area (Å²) in [7, 11) is 1.24. The van der Waals surface area contributed by atoms with Crippen molar-refractivity contribution < 1.29 is 30.3 Å². The number of aliphatic hydroxyl groups excluding tert-OH is 5. The molecule has 0 aliphatic carbocycles. The van der Waals surface area contributed by atoms with Crippen LogP contribution in [-0.4, -0.2) is 69.5 Å². The fraction of sp³-hybridized carbons (Fsp3) is 0.857. The van der Waals surface area contributed by atoms with Crippen LogP contribution in [-0.2, 0) is 4.79 Å². The van der Waals surface area contributed by atoms with Crippen molar-refractivity contribution in [2.45, 2.75) is 24.4 Å². The van der Waals surface area contributed by atoms with Crippen LogP contribution in [0.4, 0.5) is 0 Å². The molecule has 0 saturated carbocycles. The minimum atomic E-state index is -1.85. The number of likely N-dealkylation sites (N-methyl/N-ethyl adjacent to an activating group) is 1. The Labute approximate surface area is 80.6 Å². The number of hydrogen-bond acceptors (Lipinski definition) is 6. The van der Waals surface area contributed by atoms with E-state index < -0.39 is 36.9 Å². The van der Waals surface area contributed by atoms with Crippen LogP contribution in [0.5, 0.6) is 0 Å². The van der Waals surface area contributed by atoms with E-state index in [0.29, 0.717) is 0 Å². The third-order valence-corrected chi connectivity index (χ3v) is 1.77. The molecular weight excluding hydrogens is 194 g/mol. The molecule has 14 heavy (non-hydrogen) atoms. The zero-order chi connectivity index (χ0) is 11.3. The molecule has 4 atom stereocenters. The van der Waals surface area contributed by atoms with Crippen molar-refractivity contribution in [3.05, 3.63) is 0 Å². The first-order valence-electron chi connectivity index (χ1n) is 4.00. The van der Waals surface area contributed by atoms with Gasteiger partial charge in [0, 0.05) is 7.05 Å². The van der Waals surface area contributed by atoms with Gasteiger partial charge in [0.25, 0.3) is 5.91 Å². The molecule has 0 aromatic carbocycles. The quantitative estimate of drug-likeness (QED) is 0.275. The van der Waals surface area contributed by atoms with Crippen molar-refractivity contribution in [2.75, 3.05) is 13.7 Å². The average molecular weight is 209 g/mol. The molecule has 0 bridgehead atoms. The maximum absolute atomic E-state index is 10.8. The maximum Gasteiger partial charge on any atom is 0.251 e. The predicted molar refractivity (Wildman–Crippen MR) is 45.2 cm³/mol. The van der Waals surface area contributed by atoms with Crippen LogP contribution in [0.3, 0.4) is 0 Å². The van der Waals surface area contributed by atoms with Gasteiger partial charge in [0.1, 0.15) is 18.3 Å². The van der Waals surface area contributed by atoms with E-state index in [9.17, 15) is 4.79 Å². The molecule has 0 aliphatic rings. The van der Waals surface area contributed by atoms with Gasteiger partial charge in [-0.2, -0.15) is 0 Å². The summed E-state index contributed by atoms with van der Waals surface area (Å²) >= 11 is 0. The van der Waals surface area contributed by atoms with Gasteiger partial charge in [-0.05, 0) is 0 Å². The largest absolute Gasteiger partial charge is 0.394 e. The summed E-state index contributed by atoms with van der Waals surface area (Å²) < 4.78 is 0. The molecule has 84 valence electrons. The number of amides is 1. The molecular formula is C7H15NO6. The van der Waals surface area contributed by atoms with Gasteiger partial charge in [-0.25, -0.2) is 0 Å². The highest BCUT2D eigenvalue weighted by atomic mass is 16.4. The molecule has 0 aromatic rings. The zero-order valence-electron chi connectivity index (χ0n) is 7.66. The second kappa shape index (κ2) is 5.89. The van der Waals surface area contributed by atoms with E-state index in [1.807, 2.05) is 0 Å². The Morgan fingerprint density at radius 2 is 1.71 bits per heavy atom. The summed E-state index contributed by atoms with van der Waals surface area (Å²) in [5, 5.41) is 46.7. The third kappa shape index (κ3) is 3.20. The van der Waals surface area contributed by atoms with Crippen LogP contribution in [0.25, 0.3) is 0 Å². The average Bonchev–Trinajstić information content (AvgIpc) is 2.23. The number of hydrogen-bond donors (Lipinski definition) is 6. The molecule has 7 heteroatoms. The summed E-state index contributed by atoms with van der Waals surface area (Å²) in [5.74, 6) is -0.887. The Hall–Kier alpha value is -0.730. The second-order valence-corrected chi connectivity index (χ2v) is 2.79. The fourth-order valence-electron chi connectivity index (χ4n) is 0.825. The van der Waals surface area contributed by atoms with Crippen molar-refractivity contribution in [1.29, 1.82) is 0 Å². The van der Waals surface area contributed by atoms with Gasteiger partial charge in [-0.3, -0.25) is 4.79 Å². The number of rotatable bonds is 5. The monoisotopic (exact) mass is 209 g/mol. The highest BCUT2D eigenvalue weighted by molar-refractivity contribution is 5.80. The van der Waals surface area contributed by atoms with Gasteiger partial charge in [-0.15, -0.1) is 0 Å². The van der Waals surface area contributed by atoms with Crippen LogP contribution in [0, 0.1) is 0 Å². The van der Waals surface area contributed by atoms with Crippen molar-refractivity contribution in [3.63, 3.8) is 0 Å². The van der Waals surface area contributed by atoms with Gasteiger partial charge in [0.15, 0.2) is 6.10 Å². The third-order valence-electron chi connectivity index (χ3n) is 1.77. The van der Waals surface area contributed by atoms with Gasteiger partial charge >= 0.3 is 0 Å². The Balaban J connectivity index is 4.30. The van der Waals surface area contributed by atoms with Crippen LogP contribution >= 0.6 is 0 Å². The molecule has 0 radical (unpaired) electrons. The Kier molecular flexibility index (Phi) is 5.58. The molecule has 0 saturated heterocycles. The smallest absolute Gasteiger partial charge is 0.251 e. The summed E-state index contributed by atoms with van der Waals surface area (Å²) in [6.45, 7) is -0.779. The fourth-order valence-corrected chi connectivity index (χ4v) is 0.825. The molecule has 0 spiro atoms. The van der Waals surface area contributed by atoms with Gasteiger partial charge in [0.05, 0.1) is 6.61 Å². The number of aliphatic hydroxyl groups is 5. The molecule has 6 N–H and O–H groups in total. The summed E-state index contributed by atoms with van der Waals surface area (Å²) in [6, 6.07) is 0. The lowest BCUT2D eigenvalue weighted by atomic mass is 10.0. The first-order chi connectivity index (χ1) is 6.45. The summed E-state index contributed by atoms with van der Waals surface area (Å²) in [4.78, 5) is 10.8. The maximum atomic E-state index is 10.8. The zero-order valence-corrected chi connectivity index (χ0v) is 7.66. The Morgan fingerprint density at radius 3 is 2.07 bits per heavy atom. The van der Waals surface area contributed by atoms with Crippen LogP contribution < -0.4 is 5.32 Å². The summed E-state index contributed by atoms with van der Waals surface area (Å²) in [5.41, 5.74) is 0. The van der Waals surface area contributed by atoms with E-state index in [2.05, 4.69) is 5.32 Å². The molecule has 0 aliphatic heterocycles. The second-order valence-electron chi connectivity index (χ2n) is 2.79. The Bertz CT molecular complexity index is 187. The minimum Gasteiger partial charge on any atom is -0.394 e. The number of carbonyl (C=O) groups is 1. The molecule has 0 fully saturated rings. The normalized spacial score (nSPS) is 19.6. The van der Waals surface area contributed by atoms with E-state index in [0.717, 1.165) is 0 Å². The van der Waals surface area contributed by atoms with E-state index in [4.69, 9.17) is 25.5 Å². The van der Waals surface area contributed by atoms with Gasteiger partial charge in [0.2, 0.25) is 0 Å². The highest BCUT2D eigenvalue weighted by Crippen LogP contribution is 2.04. The van der Waals surface area contributed by atoms with E-state index in [-0.39, 0.29) is 0 Å². The lowest BCUT2D eigenvalue weighted by molar-refractivity contribution is -0.148. The standard InChI is InChI=1S/C7H15NO6/c1-8-7(14)6(13)5(12)4(11)3(10)2-9/h3-6,9-13H,2H2,1H3,(H,8,14)/t3-,4-,5+,6-/m1/s1. The van der Waals surface area contributed by atoms with Crippen molar-refractivity contribution in [1.82, 2.24) is 5.32 Å². The highest BCUT2D eigenvalue weighted by Gasteiger charge is 2.33. The molecule has 0 aromatic heterocycles. The topological polar surface area (TPSA) is 130 Å². The molecule has 0 rings (SSSR count). The molecule has 7 nitrogen and oxygen atoms in total. The van der Waals surface area contributed by atoms with E-state index in [1.54, 1.807) is 0 Å². The van der Waals surface area contributed by atoms with Crippen LogP contribution in [0.15, 0.2) is 0 Å². The van der Waals surface area contributed by atoms with Crippen molar-refractivity contribution in [2.24, 2.45) is 0 Å². The number of nitrogens with one attached hydrogen (secondary N) is 1. The lowest BCUT2D eigenvalue weighted by Gasteiger charge is -2.24. The van der Waals surface area contributed by atoms with Gasteiger partial charge < -0.3 is 30.8 Å². The van der Waals surface area contributed by atoms with Crippen LogP contribution in [0.2, 0.25) is 0 Å². The predicted octanol–water partition coefficient (Wildman–Crippen LogP) is -3.83. The molecule has 0 unspecified atom stereocenters. The van der Waals surface area contributed by atoms with Crippen molar-refractivity contribution >= 4 is 5.91 Å². The molecule has 1 amide bonds. The molecule has 0 heterocycles. The van der Waals surface area contributed by atoms with E-state index in [1.165, 1.54) is 7.05 Å². The lowest BCUT2D eigenvalue weighted by Crippen LogP contribution is -2.51. The Morgan fingerprint density at radius 1 is 1.21 bits per heavy atom. The first-order valence-corrected chi connectivity index (χ1v) is 4.00. The van der Waals surface area contributed by atoms with E-state index >= 15 is 0 Å². The van der Waals surface area contributed by atoms with Crippen molar-refractivity contribution in [3.8, 4) is 0 Å². The SMILES string of the molecule is CNC(=O)[C@H](O)[C@@H](O)[C@H](O)[C@H](O)CO. The summed E-state index contributed by atoms with van der Waals surface area (Å²) in [6.07, 6.45) is -7.09. The van der Waals surface area contributed by atoms with Gasteiger partial charge in [-0.1, -0.05) is 0 Å². The first kappa shape index (κ1) is 13.3. The minimum absolute atomic E-state index is 0.779.